The van der Waals surface area contributed by atoms with Gasteiger partial charge in [-0.1, -0.05) is 31.2 Å². The number of aromatic nitrogens is 1. The van der Waals surface area contributed by atoms with Crippen LogP contribution in [0.15, 0.2) is 60.8 Å². The highest BCUT2D eigenvalue weighted by atomic mass is 16.5. The lowest BCUT2D eigenvalue weighted by molar-refractivity contribution is 0.0999. The maximum Gasteiger partial charge on any atom is 0.248 e. The molecule has 132 valence electrons. The van der Waals surface area contributed by atoms with E-state index >= 15 is 0 Å². The number of nitrogens with zero attached hydrogens (tertiary/aromatic N) is 1. The van der Waals surface area contributed by atoms with Gasteiger partial charge >= 0.3 is 0 Å². The van der Waals surface area contributed by atoms with Gasteiger partial charge in [-0.3, -0.25) is 9.78 Å². The molecule has 0 radical (unpaired) electrons. The van der Waals surface area contributed by atoms with Gasteiger partial charge < -0.3 is 10.5 Å². The van der Waals surface area contributed by atoms with Crippen LogP contribution in [0.4, 0.5) is 0 Å². The summed E-state index contributed by atoms with van der Waals surface area (Å²) in [7, 11) is 0. The Labute approximate surface area is 153 Å². The number of carbonyl (C=O) groups excluding carboxylic acids is 1. The summed E-state index contributed by atoms with van der Waals surface area (Å²) in [5, 5.41) is 0. The molecule has 1 aromatic heterocycles. The summed E-state index contributed by atoms with van der Waals surface area (Å²) in [6.45, 7) is 4.47. The van der Waals surface area contributed by atoms with Crippen molar-refractivity contribution in [1.82, 2.24) is 4.98 Å². The highest BCUT2D eigenvalue weighted by molar-refractivity contribution is 5.94. The van der Waals surface area contributed by atoms with Crippen molar-refractivity contribution >= 4 is 5.91 Å². The zero-order chi connectivity index (χ0) is 18.5. The predicted octanol–water partition coefficient (Wildman–Crippen LogP) is 4.30. The third kappa shape index (κ3) is 3.91. The minimum atomic E-state index is -0.418. The van der Waals surface area contributed by atoms with E-state index in [9.17, 15) is 4.79 Å². The third-order valence-electron chi connectivity index (χ3n) is 4.36. The monoisotopic (exact) mass is 346 g/mol. The lowest BCUT2D eigenvalue weighted by Crippen LogP contribution is -2.12. The van der Waals surface area contributed by atoms with Crippen molar-refractivity contribution in [3.05, 3.63) is 83.0 Å². The highest BCUT2D eigenvalue weighted by Crippen LogP contribution is 2.23. The molecule has 3 rings (SSSR count). The van der Waals surface area contributed by atoms with Crippen LogP contribution in [-0.4, -0.2) is 10.9 Å². The van der Waals surface area contributed by atoms with E-state index in [1.165, 1.54) is 5.56 Å². The molecule has 0 aliphatic rings. The molecule has 0 unspecified atom stereocenters. The van der Waals surface area contributed by atoms with Crippen LogP contribution in [0.25, 0.3) is 11.3 Å². The Balaban J connectivity index is 1.80. The van der Waals surface area contributed by atoms with Crippen molar-refractivity contribution in [3.63, 3.8) is 0 Å². The summed E-state index contributed by atoms with van der Waals surface area (Å²) in [4.78, 5) is 15.8. The molecule has 0 bridgehead atoms. The van der Waals surface area contributed by atoms with Crippen molar-refractivity contribution in [2.75, 3.05) is 0 Å². The van der Waals surface area contributed by atoms with E-state index in [0.29, 0.717) is 12.2 Å². The van der Waals surface area contributed by atoms with Gasteiger partial charge in [-0.25, -0.2) is 0 Å². The summed E-state index contributed by atoms with van der Waals surface area (Å²) in [5.74, 6) is 0.494. The molecule has 4 nitrogen and oxygen atoms in total. The van der Waals surface area contributed by atoms with E-state index in [4.69, 9.17) is 10.5 Å². The molecule has 0 saturated carbocycles. The second kappa shape index (κ2) is 7.83. The Bertz CT molecular complexity index is 935. The lowest BCUT2D eigenvalue weighted by Gasteiger charge is -2.11. The Morgan fingerprint density at radius 1 is 1.12 bits per heavy atom. The zero-order valence-electron chi connectivity index (χ0n) is 15.0. The maximum atomic E-state index is 11.4. The van der Waals surface area contributed by atoms with Crippen LogP contribution >= 0.6 is 0 Å². The van der Waals surface area contributed by atoms with Crippen LogP contribution in [0.1, 0.15) is 34.0 Å². The van der Waals surface area contributed by atoms with Crippen LogP contribution < -0.4 is 10.5 Å². The van der Waals surface area contributed by atoms with Crippen molar-refractivity contribution in [1.29, 1.82) is 0 Å². The minimum Gasteiger partial charge on any atom is -0.489 e. The minimum absolute atomic E-state index is 0.418. The number of para-hydroxylation sites is 1. The number of carbonyl (C=O) groups is 1. The Hall–Kier alpha value is -3.14. The molecule has 0 fully saturated rings. The van der Waals surface area contributed by atoms with Crippen LogP contribution in [0.5, 0.6) is 5.75 Å². The summed E-state index contributed by atoms with van der Waals surface area (Å²) in [6, 6.07) is 17.6. The fourth-order valence-electron chi connectivity index (χ4n) is 2.92. The van der Waals surface area contributed by atoms with Crippen LogP contribution in [0, 0.1) is 6.92 Å². The molecule has 0 aliphatic heterocycles. The number of pyridine rings is 1. The van der Waals surface area contributed by atoms with E-state index in [1.807, 2.05) is 49.4 Å². The van der Waals surface area contributed by atoms with Gasteiger partial charge in [0, 0.05) is 17.3 Å². The zero-order valence-corrected chi connectivity index (χ0v) is 15.0. The number of amides is 1. The van der Waals surface area contributed by atoms with E-state index in [0.717, 1.165) is 34.6 Å². The van der Waals surface area contributed by atoms with Crippen molar-refractivity contribution in [2.24, 2.45) is 5.73 Å². The summed E-state index contributed by atoms with van der Waals surface area (Å²) >= 11 is 0. The summed E-state index contributed by atoms with van der Waals surface area (Å²) in [6.07, 6.45) is 2.71. The first-order valence-electron chi connectivity index (χ1n) is 8.65. The molecule has 26 heavy (non-hydrogen) atoms. The van der Waals surface area contributed by atoms with Crippen molar-refractivity contribution in [3.8, 4) is 17.0 Å². The first-order valence-corrected chi connectivity index (χ1v) is 8.65. The Morgan fingerprint density at radius 3 is 2.65 bits per heavy atom. The number of ether oxygens (including phenoxy) is 1. The average molecular weight is 346 g/mol. The number of nitrogens with two attached hydrogens (primary N) is 1. The fourth-order valence-corrected chi connectivity index (χ4v) is 2.92. The SMILES string of the molecule is CCc1ccccc1OCc1ccnc(-c2ccc(C(N)=O)c(C)c2)c1. The average Bonchev–Trinajstić information content (AvgIpc) is 2.66. The van der Waals surface area contributed by atoms with Crippen LogP contribution in [0.3, 0.4) is 0 Å². The number of hydrogen-bond acceptors (Lipinski definition) is 3. The van der Waals surface area contributed by atoms with Gasteiger partial charge in [0.2, 0.25) is 5.91 Å². The van der Waals surface area contributed by atoms with Gasteiger partial charge in [0.05, 0.1) is 5.69 Å². The van der Waals surface area contributed by atoms with Crippen molar-refractivity contribution < 1.29 is 9.53 Å². The molecule has 2 N–H and O–H groups in total. The van der Waals surface area contributed by atoms with Gasteiger partial charge in [0.15, 0.2) is 0 Å². The van der Waals surface area contributed by atoms with E-state index in [2.05, 4.69) is 18.0 Å². The van der Waals surface area contributed by atoms with E-state index in [-0.39, 0.29) is 0 Å². The summed E-state index contributed by atoms with van der Waals surface area (Å²) < 4.78 is 5.99. The molecule has 0 aliphatic carbocycles. The fraction of sp³-hybridized carbons (Fsp3) is 0.182. The van der Waals surface area contributed by atoms with Gasteiger partial charge in [-0.15, -0.1) is 0 Å². The smallest absolute Gasteiger partial charge is 0.248 e. The topological polar surface area (TPSA) is 65.2 Å². The number of benzene rings is 2. The molecule has 4 heteroatoms. The van der Waals surface area contributed by atoms with E-state index < -0.39 is 5.91 Å². The van der Waals surface area contributed by atoms with Crippen LogP contribution in [0.2, 0.25) is 0 Å². The number of hydrogen-bond donors (Lipinski definition) is 1. The second-order valence-electron chi connectivity index (χ2n) is 6.19. The predicted molar refractivity (Wildman–Crippen MR) is 103 cm³/mol. The number of rotatable bonds is 6. The molecule has 3 aromatic rings. The van der Waals surface area contributed by atoms with Crippen molar-refractivity contribution in [2.45, 2.75) is 26.9 Å². The Kier molecular flexibility index (Phi) is 5.32. The Morgan fingerprint density at radius 2 is 1.92 bits per heavy atom. The molecule has 2 aromatic carbocycles. The number of aryl methyl sites for hydroxylation is 2. The standard InChI is InChI=1S/C22H22N2O2/c1-3-17-6-4-5-7-21(17)26-14-16-10-11-24-20(13-16)18-8-9-19(22(23)25)15(2)12-18/h4-13H,3,14H2,1-2H3,(H2,23,25). The molecule has 0 spiro atoms. The first-order chi connectivity index (χ1) is 12.6. The second-order valence-corrected chi connectivity index (χ2v) is 6.19. The van der Waals surface area contributed by atoms with Gasteiger partial charge in [0.1, 0.15) is 12.4 Å². The summed E-state index contributed by atoms with van der Waals surface area (Å²) in [5.41, 5.74) is 10.8. The van der Waals surface area contributed by atoms with Gasteiger partial charge in [-0.2, -0.15) is 0 Å². The largest absolute Gasteiger partial charge is 0.489 e. The molecule has 0 atom stereocenters. The first kappa shape index (κ1) is 17.7. The van der Waals surface area contributed by atoms with Gasteiger partial charge in [-0.05, 0) is 60.4 Å². The molecule has 1 heterocycles. The lowest BCUT2D eigenvalue weighted by atomic mass is 10.0. The molecule has 0 saturated heterocycles. The number of primary amides is 1. The molecule has 1 amide bonds. The third-order valence-corrected chi connectivity index (χ3v) is 4.36. The van der Waals surface area contributed by atoms with Gasteiger partial charge in [0.25, 0.3) is 0 Å². The van der Waals surface area contributed by atoms with E-state index in [1.54, 1.807) is 12.3 Å². The normalized spacial score (nSPS) is 10.5. The highest BCUT2D eigenvalue weighted by Gasteiger charge is 2.08. The maximum absolute atomic E-state index is 11.4. The molecular formula is C22H22N2O2. The molecular weight excluding hydrogens is 324 g/mol. The quantitative estimate of drug-likeness (QED) is 0.724. The van der Waals surface area contributed by atoms with Crippen LogP contribution in [-0.2, 0) is 13.0 Å².